The topological polar surface area (TPSA) is 60.2 Å². The SMILES string of the molecule is Cc1cc(Cl)cc2sc(N(CC3CCCO3)C(=O)c3cc(C)n(C)n3)nc12. The van der Waals surface area contributed by atoms with Crippen molar-refractivity contribution in [3.63, 3.8) is 0 Å². The molecule has 1 unspecified atom stereocenters. The van der Waals surface area contributed by atoms with Crippen LogP contribution in [0, 0.1) is 13.8 Å². The molecule has 0 spiro atoms. The van der Waals surface area contributed by atoms with E-state index in [2.05, 4.69) is 5.10 Å². The van der Waals surface area contributed by atoms with E-state index < -0.39 is 0 Å². The van der Waals surface area contributed by atoms with Crippen LogP contribution in [-0.4, -0.2) is 39.9 Å². The molecule has 1 aromatic carbocycles. The summed E-state index contributed by atoms with van der Waals surface area (Å²) in [5, 5.41) is 5.68. The van der Waals surface area contributed by atoms with Crippen LogP contribution < -0.4 is 4.90 Å². The summed E-state index contributed by atoms with van der Waals surface area (Å²) in [5.41, 5.74) is 3.23. The molecule has 0 N–H and O–H groups in total. The summed E-state index contributed by atoms with van der Waals surface area (Å²) < 4.78 is 8.45. The Hall–Kier alpha value is -1.96. The first kappa shape index (κ1) is 18.4. The van der Waals surface area contributed by atoms with Crippen molar-refractivity contribution in [3.8, 4) is 0 Å². The van der Waals surface area contributed by atoms with Crippen molar-refractivity contribution in [3.05, 3.63) is 40.2 Å². The number of rotatable bonds is 4. The number of benzene rings is 1. The van der Waals surface area contributed by atoms with Gasteiger partial charge in [0.05, 0.1) is 22.9 Å². The van der Waals surface area contributed by atoms with Crippen molar-refractivity contribution in [2.45, 2.75) is 32.8 Å². The van der Waals surface area contributed by atoms with Gasteiger partial charge in [0.2, 0.25) is 0 Å². The lowest BCUT2D eigenvalue weighted by molar-refractivity contribution is 0.0913. The molecule has 1 aliphatic heterocycles. The first-order valence-electron chi connectivity index (χ1n) is 8.93. The number of hydrogen-bond acceptors (Lipinski definition) is 5. The Balaban J connectivity index is 1.75. The highest BCUT2D eigenvalue weighted by Gasteiger charge is 2.28. The molecule has 0 saturated carbocycles. The number of carbonyl (C=O) groups excluding carboxylic acids is 1. The van der Waals surface area contributed by atoms with Gasteiger partial charge in [-0.3, -0.25) is 14.4 Å². The molecule has 6 nitrogen and oxygen atoms in total. The highest BCUT2D eigenvalue weighted by atomic mass is 35.5. The van der Waals surface area contributed by atoms with Crippen molar-refractivity contribution >= 4 is 44.2 Å². The number of fused-ring (bicyclic) bond motifs is 1. The molecule has 4 rings (SSSR count). The molecule has 1 saturated heterocycles. The minimum atomic E-state index is -0.156. The first-order valence-corrected chi connectivity index (χ1v) is 10.1. The first-order chi connectivity index (χ1) is 12.9. The van der Waals surface area contributed by atoms with E-state index in [0.29, 0.717) is 22.4 Å². The Morgan fingerprint density at radius 3 is 2.89 bits per heavy atom. The van der Waals surface area contributed by atoms with Crippen molar-refractivity contribution < 1.29 is 9.53 Å². The largest absolute Gasteiger partial charge is 0.376 e. The van der Waals surface area contributed by atoms with Crippen molar-refractivity contribution in [2.24, 2.45) is 7.05 Å². The van der Waals surface area contributed by atoms with E-state index in [0.717, 1.165) is 40.9 Å². The van der Waals surface area contributed by atoms with Gasteiger partial charge in [0, 0.05) is 24.4 Å². The lowest BCUT2D eigenvalue weighted by Gasteiger charge is -2.22. The van der Waals surface area contributed by atoms with Crippen LogP contribution in [0.3, 0.4) is 0 Å². The standard InChI is InChI=1S/C19H21ClN4O2S/c1-11-7-13(20)9-16-17(11)21-19(27-16)24(10-14-5-4-6-26-14)18(25)15-8-12(2)23(3)22-15/h7-9,14H,4-6,10H2,1-3H3. The van der Waals surface area contributed by atoms with Crippen LogP contribution in [0.5, 0.6) is 0 Å². The maximum absolute atomic E-state index is 13.3. The Morgan fingerprint density at radius 1 is 1.41 bits per heavy atom. The molecule has 1 aliphatic rings. The van der Waals surface area contributed by atoms with Crippen LogP contribution in [0.25, 0.3) is 10.2 Å². The molecule has 0 aliphatic carbocycles. The lowest BCUT2D eigenvalue weighted by Crippen LogP contribution is -2.37. The molecule has 0 bridgehead atoms. The van der Waals surface area contributed by atoms with Gasteiger partial charge in [-0.1, -0.05) is 22.9 Å². The number of halogens is 1. The summed E-state index contributed by atoms with van der Waals surface area (Å²) in [5.74, 6) is -0.156. The minimum Gasteiger partial charge on any atom is -0.376 e. The summed E-state index contributed by atoms with van der Waals surface area (Å²) in [4.78, 5) is 19.7. The molecule has 8 heteroatoms. The van der Waals surface area contributed by atoms with Gasteiger partial charge in [0.1, 0.15) is 0 Å². The van der Waals surface area contributed by atoms with E-state index in [-0.39, 0.29) is 12.0 Å². The van der Waals surface area contributed by atoms with Crippen molar-refractivity contribution in [2.75, 3.05) is 18.1 Å². The second kappa shape index (κ2) is 7.22. The van der Waals surface area contributed by atoms with Crippen LogP contribution in [0.2, 0.25) is 5.02 Å². The number of anilines is 1. The van der Waals surface area contributed by atoms with Gasteiger partial charge in [-0.2, -0.15) is 5.10 Å². The van der Waals surface area contributed by atoms with E-state index in [4.69, 9.17) is 21.3 Å². The molecular formula is C19H21ClN4O2S. The van der Waals surface area contributed by atoms with Crippen LogP contribution >= 0.6 is 22.9 Å². The summed E-state index contributed by atoms with van der Waals surface area (Å²) >= 11 is 7.66. The molecular weight excluding hydrogens is 384 g/mol. The molecule has 1 amide bonds. The number of hydrogen-bond donors (Lipinski definition) is 0. The molecule has 3 aromatic rings. The van der Waals surface area contributed by atoms with Gasteiger partial charge in [0.25, 0.3) is 5.91 Å². The zero-order valence-electron chi connectivity index (χ0n) is 15.5. The number of carbonyl (C=O) groups is 1. The third kappa shape index (κ3) is 3.59. The molecule has 3 heterocycles. The zero-order chi connectivity index (χ0) is 19.1. The lowest BCUT2D eigenvalue weighted by atomic mass is 10.2. The highest BCUT2D eigenvalue weighted by molar-refractivity contribution is 7.22. The van der Waals surface area contributed by atoms with Crippen LogP contribution in [-0.2, 0) is 11.8 Å². The van der Waals surface area contributed by atoms with Crippen molar-refractivity contribution in [1.82, 2.24) is 14.8 Å². The Bertz CT molecular complexity index is 987. The Labute approximate surface area is 166 Å². The fourth-order valence-electron chi connectivity index (χ4n) is 3.30. The van der Waals surface area contributed by atoms with Gasteiger partial charge in [-0.25, -0.2) is 4.98 Å². The van der Waals surface area contributed by atoms with E-state index in [1.807, 2.05) is 33.0 Å². The summed E-state index contributed by atoms with van der Waals surface area (Å²) in [6, 6.07) is 5.59. The Kier molecular flexibility index (Phi) is 4.92. The minimum absolute atomic E-state index is 0.0236. The van der Waals surface area contributed by atoms with Crippen LogP contribution in [0.4, 0.5) is 5.13 Å². The maximum Gasteiger partial charge on any atom is 0.280 e. The van der Waals surface area contributed by atoms with Gasteiger partial charge >= 0.3 is 0 Å². The molecule has 0 radical (unpaired) electrons. The van der Waals surface area contributed by atoms with E-state index in [1.165, 1.54) is 11.3 Å². The number of nitrogens with zero attached hydrogens (tertiary/aromatic N) is 4. The molecule has 142 valence electrons. The third-order valence-electron chi connectivity index (χ3n) is 4.86. The highest BCUT2D eigenvalue weighted by Crippen LogP contribution is 2.34. The zero-order valence-corrected chi connectivity index (χ0v) is 17.1. The monoisotopic (exact) mass is 404 g/mol. The number of thiazole rings is 1. The quantitative estimate of drug-likeness (QED) is 0.656. The summed E-state index contributed by atoms with van der Waals surface area (Å²) in [6.45, 7) is 5.12. The second-order valence-corrected chi connectivity index (χ2v) is 8.36. The van der Waals surface area contributed by atoms with Crippen LogP contribution in [0.15, 0.2) is 18.2 Å². The predicted octanol–water partition coefficient (Wildman–Crippen LogP) is 4.13. The van der Waals surface area contributed by atoms with Gasteiger partial charge in [-0.15, -0.1) is 0 Å². The average molecular weight is 405 g/mol. The fraction of sp³-hybridized carbons (Fsp3) is 0.421. The maximum atomic E-state index is 13.3. The van der Waals surface area contributed by atoms with Gasteiger partial charge in [0.15, 0.2) is 10.8 Å². The van der Waals surface area contributed by atoms with Crippen molar-refractivity contribution in [1.29, 1.82) is 0 Å². The number of amides is 1. The molecule has 1 fully saturated rings. The predicted molar refractivity (Wildman–Crippen MR) is 108 cm³/mol. The van der Waals surface area contributed by atoms with Crippen LogP contribution in [0.1, 0.15) is 34.6 Å². The van der Waals surface area contributed by atoms with E-state index >= 15 is 0 Å². The van der Waals surface area contributed by atoms with Gasteiger partial charge in [-0.05, 0) is 50.5 Å². The van der Waals surface area contributed by atoms with E-state index in [1.54, 1.807) is 15.6 Å². The Morgan fingerprint density at radius 2 is 2.22 bits per heavy atom. The molecule has 2 aromatic heterocycles. The summed E-state index contributed by atoms with van der Waals surface area (Å²) in [6.07, 6.45) is 1.99. The molecule has 27 heavy (non-hydrogen) atoms. The van der Waals surface area contributed by atoms with E-state index in [9.17, 15) is 4.79 Å². The smallest absolute Gasteiger partial charge is 0.280 e. The molecule has 1 atom stereocenters. The third-order valence-corrected chi connectivity index (χ3v) is 6.10. The number of aryl methyl sites for hydroxylation is 3. The normalized spacial score (nSPS) is 17.0. The average Bonchev–Trinajstić information content (AvgIpc) is 3.33. The fourth-order valence-corrected chi connectivity index (χ4v) is 4.73. The number of aromatic nitrogens is 3. The second-order valence-electron chi connectivity index (χ2n) is 6.91. The summed E-state index contributed by atoms with van der Waals surface area (Å²) in [7, 11) is 1.83. The number of ether oxygens (including phenoxy) is 1. The van der Waals surface area contributed by atoms with Gasteiger partial charge < -0.3 is 4.74 Å².